The predicted octanol–water partition coefficient (Wildman–Crippen LogP) is 4.06. The quantitative estimate of drug-likeness (QED) is 0.702. The highest BCUT2D eigenvalue weighted by Gasteiger charge is 2.48. The van der Waals surface area contributed by atoms with Gasteiger partial charge in [0.1, 0.15) is 11.4 Å². The summed E-state index contributed by atoms with van der Waals surface area (Å²) >= 11 is 5.79. The van der Waals surface area contributed by atoms with Crippen LogP contribution in [0.3, 0.4) is 0 Å². The van der Waals surface area contributed by atoms with Crippen molar-refractivity contribution in [1.29, 1.82) is 5.26 Å². The first-order chi connectivity index (χ1) is 13.0. The number of nitriles is 1. The Morgan fingerprint density at radius 3 is 2.39 bits per heavy atom. The van der Waals surface area contributed by atoms with Gasteiger partial charge < -0.3 is 14.4 Å². The van der Waals surface area contributed by atoms with Gasteiger partial charge in [-0.15, -0.1) is 0 Å². The third kappa shape index (κ3) is 4.56. The number of hydrogen-bond acceptors (Lipinski definition) is 5. The zero-order valence-corrected chi connectivity index (χ0v) is 17.2. The monoisotopic (exact) mass is 410 g/mol. The Morgan fingerprint density at radius 1 is 1.32 bits per heavy atom. The van der Waals surface area contributed by atoms with Crippen LogP contribution in [0.4, 0.5) is 9.18 Å². The minimum absolute atomic E-state index is 0.0448. The van der Waals surface area contributed by atoms with Gasteiger partial charge in [-0.2, -0.15) is 5.26 Å². The van der Waals surface area contributed by atoms with Gasteiger partial charge in [0.2, 0.25) is 0 Å². The van der Waals surface area contributed by atoms with Crippen molar-refractivity contribution >= 4 is 23.7 Å². The molecule has 1 fully saturated rings. The fourth-order valence-electron chi connectivity index (χ4n) is 3.48. The fourth-order valence-corrected chi connectivity index (χ4v) is 3.60. The molecule has 1 aromatic rings. The Kier molecular flexibility index (Phi) is 6.56. The van der Waals surface area contributed by atoms with E-state index in [1.165, 1.54) is 24.1 Å². The van der Waals surface area contributed by atoms with Crippen molar-refractivity contribution in [2.75, 3.05) is 20.2 Å². The molecular weight excluding hydrogens is 387 g/mol. The van der Waals surface area contributed by atoms with Crippen molar-refractivity contribution in [2.45, 2.75) is 44.6 Å². The summed E-state index contributed by atoms with van der Waals surface area (Å²) in [5.74, 6) is -2.46. The van der Waals surface area contributed by atoms with Gasteiger partial charge in [-0.3, -0.25) is 4.79 Å². The van der Waals surface area contributed by atoms with Crippen molar-refractivity contribution in [3.63, 3.8) is 0 Å². The summed E-state index contributed by atoms with van der Waals surface area (Å²) < 4.78 is 24.3. The first-order valence-electron chi connectivity index (χ1n) is 8.95. The second-order valence-electron chi connectivity index (χ2n) is 7.84. The Morgan fingerprint density at radius 2 is 1.93 bits per heavy atom. The summed E-state index contributed by atoms with van der Waals surface area (Å²) in [6.45, 7) is 5.85. The number of benzene rings is 1. The first kappa shape index (κ1) is 22.0. The van der Waals surface area contributed by atoms with Crippen molar-refractivity contribution in [1.82, 2.24) is 4.90 Å². The van der Waals surface area contributed by atoms with E-state index >= 15 is 0 Å². The van der Waals surface area contributed by atoms with Crippen LogP contribution in [-0.2, 0) is 19.7 Å². The molecule has 0 radical (unpaired) electrons. The number of piperidine rings is 1. The molecule has 1 aliphatic rings. The van der Waals surface area contributed by atoms with Crippen LogP contribution in [0.25, 0.3) is 0 Å². The molecule has 1 saturated heterocycles. The number of nitrogens with zero attached hydrogens (tertiary/aromatic N) is 2. The molecular formula is C20H24ClFN2O4. The largest absolute Gasteiger partial charge is 0.468 e. The van der Waals surface area contributed by atoms with Gasteiger partial charge in [0, 0.05) is 18.5 Å². The van der Waals surface area contributed by atoms with E-state index in [9.17, 15) is 19.2 Å². The number of carbonyl (C=O) groups is 2. The molecule has 0 aromatic heterocycles. The van der Waals surface area contributed by atoms with Gasteiger partial charge in [0.05, 0.1) is 18.2 Å². The second kappa shape index (κ2) is 8.36. The summed E-state index contributed by atoms with van der Waals surface area (Å²) in [5, 5.41) is 9.64. The smallest absolute Gasteiger partial charge is 0.410 e. The van der Waals surface area contributed by atoms with Crippen LogP contribution >= 0.6 is 11.6 Å². The average Bonchev–Trinajstić information content (AvgIpc) is 2.63. The fraction of sp³-hybridized carbons (Fsp3) is 0.550. The van der Waals surface area contributed by atoms with Gasteiger partial charge in [0.15, 0.2) is 5.92 Å². The minimum Gasteiger partial charge on any atom is -0.468 e. The van der Waals surface area contributed by atoms with Crippen LogP contribution in [0.15, 0.2) is 18.2 Å². The van der Waals surface area contributed by atoms with E-state index in [4.69, 9.17) is 21.1 Å². The summed E-state index contributed by atoms with van der Waals surface area (Å²) in [7, 11) is 1.21. The van der Waals surface area contributed by atoms with Gasteiger partial charge in [-0.1, -0.05) is 17.7 Å². The van der Waals surface area contributed by atoms with E-state index < -0.39 is 34.8 Å². The zero-order valence-electron chi connectivity index (χ0n) is 16.4. The summed E-state index contributed by atoms with van der Waals surface area (Å²) in [4.78, 5) is 26.2. The average molecular weight is 411 g/mol. The first-order valence-corrected chi connectivity index (χ1v) is 9.33. The molecule has 2 rings (SSSR count). The van der Waals surface area contributed by atoms with Gasteiger partial charge in [-0.05, 0) is 51.3 Å². The van der Waals surface area contributed by atoms with E-state index in [2.05, 4.69) is 0 Å². The van der Waals surface area contributed by atoms with E-state index in [-0.39, 0.29) is 31.0 Å². The number of ether oxygens (including phenoxy) is 2. The molecule has 152 valence electrons. The SMILES string of the molecule is COC(=O)C(C#N)C1(c2ccc(Cl)c(F)c2)CCN(C(=O)OC(C)(C)C)CC1. The van der Waals surface area contributed by atoms with E-state index in [1.54, 1.807) is 26.8 Å². The lowest BCUT2D eigenvalue weighted by Crippen LogP contribution is -2.51. The Hall–Kier alpha value is -2.33. The number of esters is 1. The molecule has 1 unspecified atom stereocenters. The molecule has 0 N–H and O–H groups in total. The lowest BCUT2D eigenvalue weighted by Gasteiger charge is -2.43. The van der Waals surface area contributed by atoms with Crippen molar-refractivity contribution in [3.8, 4) is 6.07 Å². The van der Waals surface area contributed by atoms with Crippen LogP contribution in [0, 0.1) is 23.1 Å². The molecule has 1 heterocycles. The zero-order chi connectivity index (χ0) is 21.1. The molecule has 1 amide bonds. The summed E-state index contributed by atoms with van der Waals surface area (Å²) in [5.41, 5.74) is -1.15. The standard InChI is InChI=1S/C20H24ClFN2O4/c1-19(2,3)28-18(26)24-9-7-20(8-10-24,14(12-23)17(25)27-4)13-5-6-15(21)16(22)11-13/h5-6,11,14H,7-10H2,1-4H3. The highest BCUT2D eigenvalue weighted by Crippen LogP contribution is 2.43. The topological polar surface area (TPSA) is 79.6 Å². The van der Waals surface area contributed by atoms with Crippen molar-refractivity contribution < 1.29 is 23.5 Å². The van der Waals surface area contributed by atoms with Gasteiger partial charge in [-0.25, -0.2) is 9.18 Å². The third-order valence-electron chi connectivity index (χ3n) is 4.92. The number of rotatable bonds is 3. The minimum atomic E-state index is -1.14. The maximum absolute atomic E-state index is 14.1. The Labute approximate surface area is 169 Å². The van der Waals surface area contributed by atoms with Gasteiger partial charge in [0.25, 0.3) is 0 Å². The molecule has 0 spiro atoms. The number of methoxy groups -OCH3 is 1. The van der Waals surface area contributed by atoms with Crippen molar-refractivity contribution in [3.05, 3.63) is 34.6 Å². The maximum Gasteiger partial charge on any atom is 0.410 e. The van der Waals surface area contributed by atoms with E-state index in [1.807, 2.05) is 6.07 Å². The van der Waals surface area contributed by atoms with Crippen LogP contribution in [0.5, 0.6) is 0 Å². The molecule has 0 saturated carbocycles. The lowest BCUT2D eigenvalue weighted by molar-refractivity contribution is -0.146. The van der Waals surface area contributed by atoms with Crippen LogP contribution in [-0.4, -0.2) is 42.8 Å². The molecule has 6 nitrogen and oxygen atoms in total. The number of hydrogen-bond donors (Lipinski definition) is 0. The predicted molar refractivity (Wildman–Crippen MR) is 101 cm³/mol. The molecule has 28 heavy (non-hydrogen) atoms. The Balaban J connectivity index is 2.37. The number of halogens is 2. The van der Waals surface area contributed by atoms with Crippen LogP contribution in [0.2, 0.25) is 5.02 Å². The molecule has 1 atom stereocenters. The summed E-state index contributed by atoms with van der Waals surface area (Å²) in [6.07, 6.45) is 0.0938. The molecule has 0 aliphatic carbocycles. The van der Waals surface area contributed by atoms with Crippen molar-refractivity contribution in [2.24, 2.45) is 5.92 Å². The lowest BCUT2D eigenvalue weighted by atomic mass is 9.64. The van der Waals surface area contributed by atoms with Crippen LogP contribution in [0.1, 0.15) is 39.2 Å². The molecule has 1 aromatic carbocycles. The normalized spacial score (nSPS) is 17.4. The van der Waals surface area contributed by atoms with E-state index in [0.29, 0.717) is 5.56 Å². The highest BCUT2D eigenvalue weighted by atomic mass is 35.5. The molecule has 0 bridgehead atoms. The van der Waals surface area contributed by atoms with Crippen LogP contribution < -0.4 is 0 Å². The molecule has 8 heteroatoms. The number of likely N-dealkylation sites (tertiary alicyclic amines) is 1. The summed E-state index contributed by atoms with van der Waals surface area (Å²) in [6, 6.07) is 6.28. The Bertz CT molecular complexity index is 792. The maximum atomic E-state index is 14.1. The number of amides is 1. The second-order valence-corrected chi connectivity index (χ2v) is 8.24. The molecule has 1 aliphatic heterocycles. The van der Waals surface area contributed by atoms with E-state index in [0.717, 1.165) is 0 Å². The van der Waals surface area contributed by atoms with Gasteiger partial charge >= 0.3 is 12.1 Å². The third-order valence-corrected chi connectivity index (χ3v) is 5.23. The number of carbonyl (C=O) groups excluding carboxylic acids is 2. The highest BCUT2D eigenvalue weighted by molar-refractivity contribution is 6.30.